The molecule has 0 aliphatic carbocycles. The lowest BCUT2D eigenvalue weighted by Gasteiger charge is -2.38. The van der Waals surface area contributed by atoms with Crippen LogP contribution in [0.2, 0.25) is 5.02 Å². The van der Waals surface area contributed by atoms with Gasteiger partial charge in [0.05, 0.1) is 11.3 Å². The van der Waals surface area contributed by atoms with Crippen LogP contribution in [0, 0.1) is 0 Å². The third-order valence-corrected chi connectivity index (χ3v) is 7.53. The van der Waals surface area contributed by atoms with E-state index in [0.717, 1.165) is 31.3 Å². The smallest absolute Gasteiger partial charge is 0.418 e. The molecule has 2 amide bonds. The van der Waals surface area contributed by atoms with Crippen LogP contribution in [0.1, 0.15) is 29.5 Å². The Hall–Kier alpha value is -4.01. The summed E-state index contributed by atoms with van der Waals surface area (Å²) in [6.07, 6.45) is -3.20. The van der Waals surface area contributed by atoms with Gasteiger partial charge in [0.15, 0.2) is 0 Å². The SMILES string of the molecule is O=C(Nc1ccccc1C(F)(F)F)N(Cc1cccc(Oc2ccc(Cl)cc2)c1)C1CCN(Cc2ccccc2)CC1. The van der Waals surface area contributed by atoms with E-state index < -0.39 is 17.8 Å². The fraction of sp³-hybridized carbons (Fsp3) is 0.242. The molecule has 4 aromatic carbocycles. The van der Waals surface area contributed by atoms with Crippen LogP contribution < -0.4 is 10.1 Å². The molecule has 0 saturated carbocycles. The zero-order valence-corrected chi connectivity index (χ0v) is 23.6. The predicted molar refractivity (Wildman–Crippen MR) is 159 cm³/mol. The predicted octanol–water partition coefficient (Wildman–Crippen LogP) is 8.85. The summed E-state index contributed by atoms with van der Waals surface area (Å²) in [5.74, 6) is 1.19. The molecule has 9 heteroatoms. The van der Waals surface area contributed by atoms with Gasteiger partial charge in [-0.2, -0.15) is 13.2 Å². The molecule has 0 atom stereocenters. The molecule has 0 spiro atoms. The van der Waals surface area contributed by atoms with Crippen molar-refractivity contribution in [1.82, 2.24) is 9.80 Å². The van der Waals surface area contributed by atoms with Gasteiger partial charge in [-0.05, 0) is 72.5 Å². The average molecular weight is 594 g/mol. The number of nitrogens with zero attached hydrogens (tertiary/aromatic N) is 2. The van der Waals surface area contributed by atoms with Gasteiger partial charge in [0.2, 0.25) is 0 Å². The number of carbonyl (C=O) groups excluding carboxylic acids is 1. The summed E-state index contributed by atoms with van der Waals surface area (Å²) in [6.45, 7) is 2.55. The maximum absolute atomic E-state index is 13.7. The summed E-state index contributed by atoms with van der Waals surface area (Å²) in [5, 5.41) is 3.15. The number of benzene rings is 4. The Morgan fingerprint density at radius 3 is 2.24 bits per heavy atom. The molecule has 1 saturated heterocycles. The minimum Gasteiger partial charge on any atom is -0.457 e. The van der Waals surface area contributed by atoms with E-state index in [2.05, 4.69) is 22.3 Å². The summed E-state index contributed by atoms with van der Waals surface area (Å²) in [7, 11) is 0. The highest BCUT2D eigenvalue weighted by Gasteiger charge is 2.35. The van der Waals surface area contributed by atoms with E-state index in [4.69, 9.17) is 16.3 Å². The quantitative estimate of drug-likeness (QED) is 0.222. The van der Waals surface area contributed by atoms with Crippen molar-refractivity contribution < 1.29 is 22.7 Å². The first-order chi connectivity index (χ1) is 20.2. The molecular formula is C33H31ClF3N3O2. The minimum atomic E-state index is -4.59. The highest BCUT2D eigenvalue weighted by Crippen LogP contribution is 2.35. The molecule has 4 aromatic rings. The molecule has 1 heterocycles. The lowest BCUT2D eigenvalue weighted by molar-refractivity contribution is -0.136. The first-order valence-corrected chi connectivity index (χ1v) is 14.1. The van der Waals surface area contributed by atoms with Crippen molar-refractivity contribution in [2.24, 2.45) is 0 Å². The number of likely N-dealkylation sites (tertiary alicyclic amines) is 1. The number of para-hydroxylation sites is 1. The highest BCUT2D eigenvalue weighted by atomic mass is 35.5. The monoisotopic (exact) mass is 593 g/mol. The van der Waals surface area contributed by atoms with E-state index >= 15 is 0 Å². The van der Waals surface area contributed by atoms with Gasteiger partial charge in [-0.1, -0.05) is 66.2 Å². The number of anilines is 1. The largest absolute Gasteiger partial charge is 0.457 e. The zero-order valence-electron chi connectivity index (χ0n) is 22.9. The Balaban J connectivity index is 1.34. The lowest BCUT2D eigenvalue weighted by Crippen LogP contribution is -2.48. The van der Waals surface area contributed by atoms with Gasteiger partial charge in [-0.3, -0.25) is 4.90 Å². The molecule has 1 N–H and O–H groups in total. The van der Waals surface area contributed by atoms with Crippen LogP contribution in [-0.2, 0) is 19.3 Å². The second-order valence-corrected chi connectivity index (χ2v) is 10.7. The van der Waals surface area contributed by atoms with Crippen LogP contribution in [0.3, 0.4) is 0 Å². The first kappa shape index (κ1) is 29.5. The van der Waals surface area contributed by atoms with Crippen LogP contribution in [0.15, 0.2) is 103 Å². The van der Waals surface area contributed by atoms with Crippen molar-refractivity contribution >= 4 is 23.3 Å². The molecule has 0 radical (unpaired) electrons. The summed E-state index contributed by atoms with van der Waals surface area (Å²) < 4.78 is 47.0. The van der Waals surface area contributed by atoms with Gasteiger partial charge in [0, 0.05) is 37.2 Å². The van der Waals surface area contributed by atoms with E-state index in [-0.39, 0.29) is 18.3 Å². The maximum Gasteiger partial charge on any atom is 0.418 e. The number of nitrogens with one attached hydrogen (secondary N) is 1. The number of halogens is 4. The van der Waals surface area contributed by atoms with Gasteiger partial charge in [-0.25, -0.2) is 4.79 Å². The number of rotatable bonds is 8. The molecule has 218 valence electrons. The number of carbonyl (C=O) groups is 1. The van der Waals surface area contributed by atoms with E-state index in [1.807, 2.05) is 42.5 Å². The molecule has 1 fully saturated rings. The maximum atomic E-state index is 13.7. The molecule has 0 bridgehead atoms. The van der Waals surface area contributed by atoms with Gasteiger partial charge >= 0.3 is 12.2 Å². The Kier molecular flexibility index (Phi) is 9.35. The van der Waals surface area contributed by atoms with Crippen LogP contribution in [0.4, 0.5) is 23.7 Å². The van der Waals surface area contributed by atoms with Gasteiger partial charge in [-0.15, -0.1) is 0 Å². The van der Waals surface area contributed by atoms with Gasteiger partial charge < -0.3 is 15.0 Å². The van der Waals surface area contributed by atoms with Crippen molar-refractivity contribution in [2.75, 3.05) is 18.4 Å². The summed E-state index contributed by atoms with van der Waals surface area (Å²) in [6, 6.07) is 28.8. The second kappa shape index (κ2) is 13.3. The lowest BCUT2D eigenvalue weighted by atomic mass is 10.0. The standard InChI is InChI=1S/C33H31ClF3N3O2/c34-26-13-15-28(16-14-26)42-29-10-6-9-25(21-29)23-40(32(41)38-31-12-5-4-11-30(31)33(35,36)37)27-17-19-39(20-18-27)22-24-7-2-1-3-8-24/h1-16,21,27H,17-20,22-23H2,(H,38,41). The molecule has 5 nitrogen and oxygen atoms in total. The van der Waals surface area contributed by atoms with E-state index in [0.29, 0.717) is 29.4 Å². The second-order valence-electron chi connectivity index (χ2n) is 10.3. The molecule has 1 aliphatic heterocycles. The summed E-state index contributed by atoms with van der Waals surface area (Å²) in [5.41, 5.74) is 0.870. The van der Waals surface area contributed by atoms with Crippen LogP contribution >= 0.6 is 11.6 Å². The van der Waals surface area contributed by atoms with Crippen molar-refractivity contribution in [3.63, 3.8) is 0 Å². The number of alkyl halides is 3. The number of urea groups is 1. The van der Waals surface area contributed by atoms with Crippen molar-refractivity contribution in [1.29, 1.82) is 0 Å². The number of piperidine rings is 1. The summed E-state index contributed by atoms with van der Waals surface area (Å²) in [4.78, 5) is 17.6. The number of hydrogen-bond donors (Lipinski definition) is 1. The molecule has 0 aromatic heterocycles. The topological polar surface area (TPSA) is 44.8 Å². The minimum absolute atomic E-state index is 0.157. The Bertz CT molecular complexity index is 1470. The Morgan fingerprint density at radius 2 is 1.52 bits per heavy atom. The van der Waals surface area contributed by atoms with Gasteiger partial charge in [0.1, 0.15) is 11.5 Å². The molecule has 0 unspecified atom stereocenters. The van der Waals surface area contributed by atoms with Gasteiger partial charge in [0.25, 0.3) is 0 Å². The average Bonchev–Trinajstić information content (AvgIpc) is 2.98. The van der Waals surface area contributed by atoms with E-state index in [1.165, 1.54) is 23.8 Å². The fourth-order valence-electron chi connectivity index (χ4n) is 5.17. The highest BCUT2D eigenvalue weighted by molar-refractivity contribution is 6.30. The van der Waals surface area contributed by atoms with Crippen LogP contribution in [0.25, 0.3) is 0 Å². The van der Waals surface area contributed by atoms with Crippen molar-refractivity contribution in [3.05, 3.63) is 125 Å². The number of hydrogen-bond acceptors (Lipinski definition) is 3. The zero-order chi connectivity index (χ0) is 29.5. The third kappa shape index (κ3) is 7.84. The first-order valence-electron chi connectivity index (χ1n) is 13.8. The number of ether oxygens (including phenoxy) is 1. The van der Waals surface area contributed by atoms with E-state index in [1.54, 1.807) is 29.2 Å². The molecule has 1 aliphatic rings. The van der Waals surface area contributed by atoms with E-state index in [9.17, 15) is 18.0 Å². The molecule has 42 heavy (non-hydrogen) atoms. The summed E-state index contributed by atoms with van der Waals surface area (Å²) >= 11 is 5.98. The van der Waals surface area contributed by atoms with Crippen molar-refractivity contribution in [2.45, 2.75) is 38.1 Å². The number of amides is 2. The fourth-order valence-corrected chi connectivity index (χ4v) is 5.29. The molecule has 5 rings (SSSR count). The molecular weight excluding hydrogens is 563 g/mol. The normalized spacial score (nSPS) is 14.4. The Labute approximate surface area is 248 Å². The third-order valence-electron chi connectivity index (χ3n) is 7.28. The van der Waals surface area contributed by atoms with Crippen LogP contribution in [-0.4, -0.2) is 35.0 Å². The van der Waals surface area contributed by atoms with Crippen LogP contribution in [0.5, 0.6) is 11.5 Å². The Morgan fingerprint density at radius 1 is 0.857 bits per heavy atom. The van der Waals surface area contributed by atoms with Crippen molar-refractivity contribution in [3.8, 4) is 11.5 Å².